The van der Waals surface area contributed by atoms with Crippen LogP contribution in [0.5, 0.6) is 0 Å². The number of likely N-dealkylation sites (tertiary alicyclic amines) is 1. The van der Waals surface area contributed by atoms with E-state index >= 15 is 0 Å². The van der Waals surface area contributed by atoms with Crippen LogP contribution < -0.4 is 4.72 Å². The Morgan fingerprint density at radius 3 is 2.46 bits per heavy atom. The summed E-state index contributed by atoms with van der Waals surface area (Å²) in [5.41, 5.74) is -0.556. The molecule has 7 heteroatoms. The van der Waals surface area contributed by atoms with Gasteiger partial charge < -0.3 is 18.9 Å². The van der Waals surface area contributed by atoms with Crippen LogP contribution in [0.4, 0.5) is 4.79 Å². The fraction of sp³-hybridized carbons (Fsp3) is 0.941. The SMILES string of the molecule is CC(C)(C)OC(=O)N1CCC2(CCOC2)C(N[S@+]([O-])C(C)(C)C)C1. The average molecular weight is 361 g/mol. The summed E-state index contributed by atoms with van der Waals surface area (Å²) in [5.74, 6) is 0. The zero-order valence-corrected chi connectivity index (χ0v) is 16.6. The van der Waals surface area contributed by atoms with Crippen molar-refractivity contribution in [2.45, 2.75) is 70.8 Å². The number of piperidine rings is 1. The molecule has 2 aliphatic heterocycles. The van der Waals surface area contributed by atoms with Crippen LogP contribution in [0.15, 0.2) is 0 Å². The van der Waals surface area contributed by atoms with Gasteiger partial charge in [-0.25, -0.2) is 4.79 Å². The zero-order chi connectivity index (χ0) is 18.2. The Balaban J connectivity index is 2.10. The molecular weight excluding hydrogens is 328 g/mol. The summed E-state index contributed by atoms with van der Waals surface area (Å²) in [6, 6.07) is -0.0543. The summed E-state index contributed by atoms with van der Waals surface area (Å²) in [6.45, 7) is 14.0. The first kappa shape index (κ1) is 19.8. The molecule has 1 N–H and O–H groups in total. The molecule has 6 nitrogen and oxygen atoms in total. The number of ether oxygens (including phenoxy) is 2. The third-order valence-electron chi connectivity index (χ3n) is 4.61. The number of rotatable bonds is 2. The van der Waals surface area contributed by atoms with Crippen LogP contribution in [-0.2, 0) is 20.8 Å². The molecule has 0 aromatic heterocycles. The molecule has 2 rings (SSSR count). The molecule has 2 saturated heterocycles. The molecule has 0 bridgehead atoms. The quantitative estimate of drug-likeness (QED) is 0.766. The summed E-state index contributed by atoms with van der Waals surface area (Å²) in [7, 11) is 0. The van der Waals surface area contributed by atoms with E-state index in [-0.39, 0.29) is 22.3 Å². The van der Waals surface area contributed by atoms with Gasteiger partial charge in [0.15, 0.2) is 0 Å². The highest BCUT2D eigenvalue weighted by Gasteiger charge is 2.49. The number of amides is 1. The molecule has 0 aliphatic carbocycles. The second-order valence-corrected chi connectivity index (χ2v) is 10.9. The predicted octanol–water partition coefficient (Wildman–Crippen LogP) is 2.45. The van der Waals surface area contributed by atoms with Crippen molar-refractivity contribution in [1.82, 2.24) is 9.62 Å². The fourth-order valence-corrected chi connectivity index (χ4v) is 4.03. The standard InChI is InChI=1S/C17H32N2O4S/c1-15(2,3)23-14(20)19-9-7-17(8-10-22-12-17)13(11-19)18-24(21)16(4,5)6/h13,18H,7-12H2,1-6H3/t13?,17?,24-/m1/s1. The largest absolute Gasteiger partial charge is 0.598 e. The molecule has 2 fully saturated rings. The van der Waals surface area contributed by atoms with E-state index in [9.17, 15) is 9.35 Å². The van der Waals surface area contributed by atoms with Crippen LogP contribution in [0.25, 0.3) is 0 Å². The first-order valence-electron chi connectivity index (χ1n) is 8.67. The first-order valence-corrected chi connectivity index (χ1v) is 9.82. The molecule has 1 amide bonds. The van der Waals surface area contributed by atoms with Gasteiger partial charge in [-0.1, -0.05) is 0 Å². The van der Waals surface area contributed by atoms with Gasteiger partial charge in [0.25, 0.3) is 0 Å². The Kier molecular flexibility index (Phi) is 5.79. The molecule has 1 spiro atoms. The van der Waals surface area contributed by atoms with Crippen LogP contribution >= 0.6 is 0 Å². The minimum absolute atomic E-state index is 0.0422. The summed E-state index contributed by atoms with van der Waals surface area (Å²) in [4.78, 5) is 14.1. The molecule has 2 heterocycles. The lowest BCUT2D eigenvalue weighted by Crippen LogP contribution is -2.61. The van der Waals surface area contributed by atoms with Crippen LogP contribution in [-0.4, -0.2) is 58.2 Å². The van der Waals surface area contributed by atoms with Crippen molar-refractivity contribution in [3.63, 3.8) is 0 Å². The molecule has 0 radical (unpaired) electrons. The van der Waals surface area contributed by atoms with E-state index in [0.717, 1.165) is 19.4 Å². The van der Waals surface area contributed by atoms with Crippen molar-refractivity contribution in [1.29, 1.82) is 0 Å². The lowest BCUT2D eigenvalue weighted by molar-refractivity contribution is 0.000542. The Labute approximate surface area is 148 Å². The van der Waals surface area contributed by atoms with Gasteiger partial charge in [0.1, 0.15) is 10.3 Å². The number of nitrogens with one attached hydrogen (secondary N) is 1. The van der Waals surface area contributed by atoms with Gasteiger partial charge >= 0.3 is 6.09 Å². The monoisotopic (exact) mass is 360 g/mol. The molecule has 0 aromatic rings. The van der Waals surface area contributed by atoms with Crippen molar-refractivity contribution in [3.05, 3.63) is 0 Å². The van der Waals surface area contributed by atoms with Crippen molar-refractivity contribution >= 4 is 17.5 Å². The minimum atomic E-state index is -1.19. The Morgan fingerprint density at radius 2 is 1.96 bits per heavy atom. The highest BCUT2D eigenvalue weighted by Crippen LogP contribution is 2.40. The van der Waals surface area contributed by atoms with Crippen molar-refractivity contribution in [3.8, 4) is 0 Å². The van der Waals surface area contributed by atoms with Crippen LogP contribution in [0.1, 0.15) is 54.4 Å². The third-order valence-corrected chi connectivity index (χ3v) is 6.22. The van der Waals surface area contributed by atoms with E-state index in [0.29, 0.717) is 19.7 Å². The Hall–Kier alpha value is -0.500. The van der Waals surface area contributed by atoms with Crippen molar-refractivity contribution in [2.24, 2.45) is 5.41 Å². The highest BCUT2D eigenvalue weighted by atomic mass is 32.2. The minimum Gasteiger partial charge on any atom is -0.598 e. The maximum absolute atomic E-state index is 12.6. The maximum Gasteiger partial charge on any atom is 0.410 e. The molecular formula is C17H32N2O4S. The number of carbonyl (C=O) groups excluding carboxylic acids is 1. The van der Waals surface area contributed by atoms with Gasteiger partial charge in [0.05, 0.1) is 12.6 Å². The van der Waals surface area contributed by atoms with Gasteiger partial charge in [-0.15, -0.1) is 4.72 Å². The summed E-state index contributed by atoms with van der Waals surface area (Å²) in [5, 5.41) is 0. The molecule has 140 valence electrons. The van der Waals surface area contributed by atoms with E-state index in [2.05, 4.69) is 4.72 Å². The summed E-state index contributed by atoms with van der Waals surface area (Å²) < 4.78 is 26.7. The highest BCUT2D eigenvalue weighted by molar-refractivity contribution is 7.90. The van der Waals surface area contributed by atoms with Gasteiger partial charge in [0.2, 0.25) is 0 Å². The first-order chi connectivity index (χ1) is 10.9. The van der Waals surface area contributed by atoms with E-state index in [4.69, 9.17) is 9.47 Å². The summed E-state index contributed by atoms with van der Waals surface area (Å²) in [6.07, 6.45) is 1.48. The van der Waals surface area contributed by atoms with Crippen LogP contribution in [0.2, 0.25) is 0 Å². The number of hydrogen-bond donors (Lipinski definition) is 1. The second kappa shape index (κ2) is 7.02. The van der Waals surface area contributed by atoms with Crippen molar-refractivity contribution < 1.29 is 18.8 Å². The topological polar surface area (TPSA) is 73.9 Å². The van der Waals surface area contributed by atoms with E-state index in [1.807, 2.05) is 41.5 Å². The van der Waals surface area contributed by atoms with Gasteiger partial charge in [0, 0.05) is 36.5 Å². The van der Waals surface area contributed by atoms with Crippen LogP contribution in [0.3, 0.4) is 0 Å². The number of carbonyl (C=O) groups is 1. The van der Waals surface area contributed by atoms with E-state index in [1.165, 1.54) is 0 Å². The van der Waals surface area contributed by atoms with Crippen molar-refractivity contribution in [2.75, 3.05) is 26.3 Å². The third kappa shape index (κ3) is 4.77. The predicted molar refractivity (Wildman–Crippen MR) is 95.1 cm³/mol. The molecule has 2 aliphatic rings. The molecule has 24 heavy (non-hydrogen) atoms. The molecule has 3 atom stereocenters. The number of nitrogens with zero attached hydrogens (tertiary/aromatic N) is 1. The van der Waals surface area contributed by atoms with Gasteiger partial charge in [-0.2, -0.15) is 0 Å². The average Bonchev–Trinajstić information content (AvgIpc) is 2.87. The van der Waals surface area contributed by atoms with Gasteiger partial charge in [-0.05, 0) is 54.4 Å². The fourth-order valence-electron chi connectivity index (χ4n) is 3.09. The lowest BCUT2D eigenvalue weighted by Gasteiger charge is -2.45. The molecule has 2 unspecified atom stereocenters. The Morgan fingerprint density at radius 1 is 1.29 bits per heavy atom. The van der Waals surface area contributed by atoms with Gasteiger partial charge in [-0.3, -0.25) is 0 Å². The van der Waals surface area contributed by atoms with E-state index in [1.54, 1.807) is 4.90 Å². The molecule has 0 saturated carbocycles. The smallest absolute Gasteiger partial charge is 0.410 e. The normalized spacial score (nSPS) is 29.8. The maximum atomic E-state index is 12.6. The number of hydrogen-bond acceptors (Lipinski definition) is 5. The molecule has 0 aromatic carbocycles. The summed E-state index contributed by atoms with van der Waals surface area (Å²) >= 11 is -1.19. The van der Waals surface area contributed by atoms with Crippen LogP contribution in [0, 0.1) is 5.41 Å². The van der Waals surface area contributed by atoms with E-state index < -0.39 is 17.0 Å². The zero-order valence-electron chi connectivity index (χ0n) is 15.8. The second-order valence-electron chi connectivity index (χ2n) is 8.89. The Bertz CT molecular complexity index is 452. The lowest BCUT2D eigenvalue weighted by atomic mass is 9.74.